The van der Waals surface area contributed by atoms with E-state index in [1.165, 1.54) is 30.3 Å². The molecule has 0 saturated carbocycles. The van der Waals surface area contributed by atoms with Gasteiger partial charge in [0.05, 0.1) is 23.2 Å². The zero-order chi connectivity index (χ0) is 31.9. The van der Waals surface area contributed by atoms with E-state index < -0.39 is 40.8 Å². The summed E-state index contributed by atoms with van der Waals surface area (Å²) in [6, 6.07) is 6.28. The molecule has 4 aromatic rings. The van der Waals surface area contributed by atoms with Gasteiger partial charge in [-0.25, -0.2) is 17.6 Å². The van der Waals surface area contributed by atoms with E-state index in [9.17, 15) is 19.0 Å². The number of nitrogens with zero attached hydrogens (tertiary/aromatic N) is 4. The van der Waals surface area contributed by atoms with Crippen molar-refractivity contribution < 1.29 is 32.5 Å². The highest BCUT2D eigenvalue weighted by molar-refractivity contribution is 6.03. The minimum Gasteiger partial charge on any atom is -0.508 e. The van der Waals surface area contributed by atoms with Crippen LogP contribution in [0, 0.1) is 17.5 Å². The lowest BCUT2D eigenvalue weighted by Crippen LogP contribution is -2.48. The average molecular weight is 637 g/mol. The molecule has 46 heavy (non-hydrogen) atoms. The fraction of sp³-hybridized carbons (Fsp3) is 0.486. The summed E-state index contributed by atoms with van der Waals surface area (Å²) in [6.45, 7) is 3.00. The number of ether oxygens (including phenoxy) is 1. The Labute approximate surface area is 263 Å². The Bertz CT molecular complexity index is 1870. The number of piperidine rings is 1. The molecule has 5 heterocycles. The first kappa shape index (κ1) is 29.7. The lowest BCUT2D eigenvalue weighted by Gasteiger charge is -2.39. The number of anilines is 1. The molecule has 3 aromatic carbocycles. The molecule has 5 atom stereocenters. The predicted molar refractivity (Wildman–Crippen MR) is 166 cm³/mol. The van der Waals surface area contributed by atoms with Gasteiger partial charge in [0.15, 0.2) is 5.82 Å². The van der Waals surface area contributed by atoms with E-state index >= 15 is 8.78 Å². The minimum atomic E-state index is -0.989. The quantitative estimate of drug-likeness (QED) is 0.232. The summed E-state index contributed by atoms with van der Waals surface area (Å²) in [5, 5.41) is 22.3. The summed E-state index contributed by atoms with van der Waals surface area (Å²) in [4.78, 5) is 13.3. The van der Waals surface area contributed by atoms with Crippen molar-refractivity contribution in [2.24, 2.45) is 0 Å². The number of phenols is 1. The van der Waals surface area contributed by atoms with Gasteiger partial charge in [-0.15, -0.1) is 0 Å². The van der Waals surface area contributed by atoms with Crippen molar-refractivity contribution in [2.75, 3.05) is 24.6 Å². The van der Waals surface area contributed by atoms with Crippen LogP contribution in [-0.4, -0.2) is 74.7 Å². The first-order valence-corrected chi connectivity index (χ1v) is 16.3. The lowest BCUT2D eigenvalue weighted by atomic mass is 9.91. The van der Waals surface area contributed by atoms with E-state index in [1.807, 2.05) is 4.90 Å². The molecule has 4 aliphatic rings. The number of fused-ring (bicyclic) bond motifs is 5. The number of halogens is 4. The Morgan fingerprint density at radius 1 is 1.04 bits per heavy atom. The van der Waals surface area contributed by atoms with Crippen molar-refractivity contribution >= 4 is 27.5 Å². The minimum absolute atomic E-state index is 0.0137. The second-order valence-corrected chi connectivity index (χ2v) is 13.5. The van der Waals surface area contributed by atoms with Gasteiger partial charge in [-0.05, 0) is 97.7 Å². The number of phenolic OH excluding ortho intramolecular Hbond substituents is 1. The molecular weight excluding hydrogens is 600 g/mol. The van der Waals surface area contributed by atoms with E-state index in [0.717, 1.165) is 25.8 Å². The molecule has 4 saturated heterocycles. The number of hydrogen-bond acceptors (Lipinski definition) is 7. The number of aliphatic hydroxyl groups is 1. The number of hydrogen-bond donors (Lipinski definition) is 2. The number of alkyl halides is 1. The number of rotatable bonds is 6. The number of aryl methyl sites for hydroxylation is 1. The van der Waals surface area contributed by atoms with Crippen LogP contribution in [-0.2, 0) is 6.42 Å². The van der Waals surface area contributed by atoms with E-state index in [4.69, 9.17) is 9.72 Å². The number of aromatic nitrogens is 2. The molecule has 4 aliphatic heterocycles. The largest absolute Gasteiger partial charge is 0.508 e. The molecule has 0 amide bonds. The summed E-state index contributed by atoms with van der Waals surface area (Å²) in [5.74, 6) is -2.34. The van der Waals surface area contributed by atoms with Crippen molar-refractivity contribution in [3.8, 4) is 22.9 Å². The van der Waals surface area contributed by atoms with Crippen LogP contribution >= 0.6 is 0 Å². The van der Waals surface area contributed by atoms with Crippen LogP contribution in [0.5, 0.6) is 11.8 Å². The molecule has 0 aliphatic carbocycles. The summed E-state index contributed by atoms with van der Waals surface area (Å²) in [5.41, 5.74) is -0.827. The normalized spacial score (nSPS) is 27.7. The maximum atomic E-state index is 16.9. The zero-order valence-corrected chi connectivity index (χ0v) is 25.6. The second kappa shape index (κ2) is 10.9. The Balaban J connectivity index is 1.32. The number of aliphatic hydroxyl groups excluding tert-OH is 1. The Morgan fingerprint density at radius 3 is 2.70 bits per heavy atom. The van der Waals surface area contributed by atoms with E-state index in [0.29, 0.717) is 43.0 Å². The third-order valence-corrected chi connectivity index (χ3v) is 10.9. The Hall–Kier alpha value is -3.70. The smallest absolute Gasteiger partial charge is 0.319 e. The van der Waals surface area contributed by atoms with E-state index in [1.54, 1.807) is 6.92 Å². The molecule has 2 bridgehead atoms. The second-order valence-electron chi connectivity index (χ2n) is 13.5. The molecule has 11 heteroatoms. The van der Waals surface area contributed by atoms with Gasteiger partial charge in [0.2, 0.25) is 0 Å². The number of aromatic hydroxyl groups is 1. The maximum absolute atomic E-state index is 16.9. The molecule has 2 N–H and O–H groups in total. The summed E-state index contributed by atoms with van der Waals surface area (Å²) < 4.78 is 68.9. The van der Waals surface area contributed by atoms with E-state index in [-0.39, 0.29) is 64.7 Å². The summed E-state index contributed by atoms with van der Waals surface area (Å²) >= 11 is 0. The first-order chi connectivity index (χ1) is 22.2. The van der Waals surface area contributed by atoms with Crippen LogP contribution in [0.4, 0.5) is 23.4 Å². The van der Waals surface area contributed by atoms with Crippen molar-refractivity contribution in [3.63, 3.8) is 0 Å². The molecule has 7 nitrogen and oxygen atoms in total. The fourth-order valence-electron chi connectivity index (χ4n) is 8.82. The van der Waals surface area contributed by atoms with Gasteiger partial charge in [-0.2, -0.15) is 9.97 Å². The highest BCUT2D eigenvalue weighted by Crippen LogP contribution is 2.46. The SMILES string of the molecule is CCc1c(F)ccc2cc(O)cc(-c3c(F)cc4c(N5[C@H]6CCC(O)[C@@H]5CC6)nc(OC[C@@]56CCCN5C[C@H](F)C6)nc4c3F)c12. The topological polar surface area (TPSA) is 82.0 Å². The molecule has 242 valence electrons. The van der Waals surface area contributed by atoms with Crippen molar-refractivity contribution in [2.45, 2.75) is 88.2 Å². The van der Waals surface area contributed by atoms with E-state index in [2.05, 4.69) is 9.88 Å². The third kappa shape index (κ3) is 4.52. The summed E-state index contributed by atoms with van der Waals surface area (Å²) in [7, 11) is 0. The standard InChI is InChI=1S/C35H36F4N4O3/c1-2-22-25(37)7-4-18-12-21(44)13-23(29(18)22)30-26(38)14-24-32(31(30)39)40-34(46-17-35-10-3-11-42(35)16-19(36)15-35)41-33(24)43-20-5-8-27(43)28(45)9-6-20/h4,7,12-14,19-20,27-28,44-45H,2-3,5-6,8-11,15-17H2,1H3/t19-,20-,27+,28?,35+/m1/s1. The Morgan fingerprint density at radius 2 is 1.87 bits per heavy atom. The van der Waals surface area contributed by atoms with Crippen molar-refractivity contribution in [1.82, 2.24) is 14.9 Å². The number of benzene rings is 3. The molecule has 1 unspecified atom stereocenters. The highest BCUT2D eigenvalue weighted by Gasteiger charge is 2.50. The first-order valence-electron chi connectivity index (χ1n) is 16.3. The van der Waals surface area contributed by atoms with Crippen LogP contribution in [0.15, 0.2) is 30.3 Å². The molecule has 0 radical (unpaired) electrons. The Kier molecular flexibility index (Phi) is 7.06. The van der Waals surface area contributed by atoms with Crippen LogP contribution in [0.1, 0.15) is 57.4 Å². The van der Waals surface area contributed by atoms with Crippen molar-refractivity contribution in [3.05, 3.63) is 53.3 Å². The molecule has 1 aromatic heterocycles. The van der Waals surface area contributed by atoms with Gasteiger partial charge < -0.3 is 19.8 Å². The van der Waals surface area contributed by atoms with Gasteiger partial charge in [-0.1, -0.05) is 13.0 Å². The molecule has 8 rings (SSSR count). The van der Waals surface area contributed by atoms with Gasteiger partial charge in [0.25, 0.3) is 0 Å². The van der Waals surface area contributed by atoms with Gasteiger partial charge in [-0.3, -0.25) is 4.90 Å². The maximum Gasteiger partial charge on any atom is 0.319 e. The highest BCUT2D eigenvalue weighted by atomic mass is 19.1. The van der Waals surface area contributed by atoms with Gasteiger partial charge >= 0.3 is 6.01 Å². The van der Waals surface area contributed by atoms with Crippen molar-refractivity contribution in [1.29, 1.82) is 0 Å². The molecule has 4 fully saturated rings. The average Bonchev–Trinajstić information content (AvgIpc) is 3.67. The third-order valence-electron chi connectivity index (χ3n) is 10.9. The van der Waals surface area contributed by atoms with Crippen LogP contribution in [0.25, 0.3) is 32.8 Å². The predicted octanol–water partition coefficient (Wildman–Crippen LogP) is 6.58. The van der Waals surface area contributed by atoms with Crippen LogP contribution in [0.3, 0.4) is 0 Å². The van der Waals surface area contributed by atoms with Gasteiger partial charge in [0.1, 0.15) is 41.5 Å². The van der Waals surface area contributed by atoms with Crippen LogP contribution in [0.2, 0.25) is 0 Å². The zero-order valence-electron chi connectivity index (χ0n) is 25.6. The lowest BCUT2D eigenvalue weighted by molar-refractivity contribution is 0.107. The molecular formula is C35H36F4N4O3. The summed E-state index contributed by atoms with van der Waals surface area (Å²) in [6.07, 6.45) is 3.57. The van der Waals surface area contributed by atoms with Gasteiger partial charge in [0, 0.05) is 24.4 Å². The molecule has 0 spiro atoms. The fourth-order valence-corrected chi connectivity index (χ4v) is 8.82. The monoisotopic (exact) mass is 636 g/mol. The van der Waals surface area contributed by atoms with Crippen LogP contribution < -0.4 is 9.64 Å².